The third-order valence-electron chi connectivity index (χ3n) is 5.09. The summed E-state index contributed by atoms with van der Waals surface area (Å²) >= 11 is 0. The summed E-state index contributed by atoms with van der Waals surface area (Å²) in [5.41, 5.74) is 1.21. The third kappa shape index (κ3) is 7.42. The molecule has 0 amide bonds. The molecule has 0 radical (unpaired) electrons. The number of anilines is 1. The predicted molar refractivity (Wildman–Crippen MR) is 140 cm³/mol. The van der Waals surface area contributed by atoms with Gasteiger partial charge in [0.2, 0.25) is 0 Å². The molecule has 6 heteroatoms. The van der Waals surface area contributed by atoms with Gasteiger partial charge in [0, 0.05) is 27.3 Å². The standard InChI is InChI=1S/C28H36NO4S/c1-5-30-19-21-32-23-11-15-25(16-12-23)34(28-10-8-7-9-27(28)29(3)4)26-17-13-24(14-18-26)33-22-20-31-6-2/h7-18H,5-6,19-22H2,1-4H3/q+1. The molecule has 5 nitrogen and oxygen atoms in total. The number of hydrogen-bond donors (Lipinski definition) is 0. The summed E-state index contributed by atoms with van der Waals surface area (Å²) in [6.07, 6.45) is 0. The minimum atomic E-state index is -0.283. The second-order valence-corrected chi connectivity index (χ2v) is 9.70. The molecule has 0 bridgehead atoms. The Morgan fingerprint density at radius 2 is 1.09 bits per heavy atom. The lowest BCUT2D eigenvalue weighted by Crippen LogP contribution is -2.15. The lowest BCUT2D eigenvalue weighted by atomic mass is 10.3. The van der Waals surface area contributed by atoms with Crippen molar-refractivity contribution in [2.45, 2.75) is 28.5 Å². The van der Waals surface area contributed by atoms with Crippen molar-refractivity contribution in [1.82, 2.24) is 0 Å². The van der Waals surface area contributed by atoms with Crippen LogP contribution in [0.15, 0.2) is 87.5 Å². The Morgan fingerprint density at radius 3 is 1.53 bits per heavy atom. The zero-order valence-electron chi connectivity index (χ0n) is 20.7. The Kier molecular flexibility index (Phi) is 10.6. The van der Waals surface area contributed by atoms with Crippen LogP contribution in [0.25, 0.3) is 0 Å². The second-order valence-electron chi connectivity index (χ2n) is 7.70. The maximum atomic E-state index is 5.83. The molecule has 0 unspecified atom stereocenters. The van der Waals surface area contributed by atoms with Gasteiger partial charge in [-0.1, -0.05) is 12.1 Å². The zero-order valence-corrected chi connectivity index (χ0v) is 21.5. The molecule has 0 atom stereocenters. The average molecular weight is 483 g/mol. The van der Waals surface area contributed by atoms with Gasteiger partial charge in [-0.3, -0.25) is 0 Å². The molecule has 0 fully saturated rings. The number of rotatable bonds is 14. The van der Waals surface area contributed by atoms with Gasteiger partial charge in [0.05, 0.1) is 18.9 Å². The van der Waals surface area contributed by atoms with E-state index in [2.05, 4.69) is 67.5 Å². The van der Waals surface area contributed by atoms with Crippen molar-refractivity contribution in [2.75, 3.05) is 58.6 Å². The lowest BCUT2D eigenvalue weighted by Gasteiger charge is -2.17. The van der Waals surface area contributed by atoms with Gasteiger partial charge in [-0.05, 0) is 74.5 Å². The van der Waals surface area contributed by atoms with Gasteiger partial charge in [-0.15, -0.1) is 0 Å². The summed E-state index contributed by atoms with van der Waals surface area (Å²) in [5.74, 6) is 1.71. The van der Waals surface area contributed by atoms with Crippen LogP contribution in [0.3, 0.4) is 0 Å². The van der Waals surface area contributed by atoms with Crippen molar-refractivity contribution in [3.8, 4) is 11.5 Å². The SMILES string of the molecule is CCOCCOc1ccc([S+](c2ccc(OCCOCC)cc2)c2ccccc2N(C)C)cc1. The van der Waals surface area contributed by atoms with Gasteiger partial charge in [0.1, 0.15) is 35.6 Å². The molecule has 0 saturated heterocycles. The number of benzene rings is 3. The van der Waals surface area contributed by atoms with Crippen LogP contribution in [0, 0.1) is 0 Å². The smallest absolute Gasteiger partial charge is 0.189 e. The average Bonchev–Trinajstić information content (AvgIpc) is 2.87. The third-order valence-corrected chi connectivity index (χ3v) is 7.36. The van der Waals surface area contributed by atoms with Gasteiger partial charge < -0.3 is 23.8 Å². The summed E-state index contributed by atoms with van der Waals surface area (Å²) < 4.78 is 22.4. The zero-order chi connectivity index (χ0) is 24.2. The largest absolute Gasteiger partial charge is 0.491 e. The molecular weight excluding hydrogens is 446 g/mol. The summed E-state index contributed by atoms with van der Waals surface area (Å²) in [7, 11) is 3.89. The van der Waals surface area contributed by atoms with Gasteiger partial charge in [-0.2, -0.15) is 0 Å². The van der Waals surface area contributed by atoms with Crippen molar-refractivity contribution in [1.29, 1.82) is 0 Å². The number of hydrogen-bond acceptors (Lipinski definition) is 5. The van der Waals surface area contributed by atoms with Crippen LogP contribution in [-0.4, -0.2) is 53.7 Å². The number of nitrogens with zero attached hydrogens (tertiary/aromatic N) is 1. The van der Waals surface area contributed by atoms with Crippen molar-refractivity contribution >= 4 is 16.6 Å². The maximum Gasteiger partial charge on any atom is 0.189 e. The molecular formula is C28H36NO4S+. The van der Waals surface area contributed by atoms with Crippen LogP contribution in [0.4, 0.5) is 5.69 Å². The topological polar surface area (TPSA) is 40.2 Å². The van der Waals surface area contributed by atoms with E-state index < -0.39 is 0 Å². The van der Waals surface area contributed by atoms with E-state index in [4.69, 9.17) is 18.9 Å². The first-order chi connectivity index (χ1) is 16.6. The molecule has 0 spiro atoms. The minimum Gasteiger partial charge on any atom is -0.491 e. The molecule has 0 heterocycles. The van der Waals surface area contributed by atoms with Crippen LogP contribution < -0.4 is 14.4 Å². The molecule has 0 saturated carbocycles. The molecule has 3 aromatic rings. The fourth-order valence-corrected chi connectivity index (χ4v) is 5.73. The first-order valence-corrected chi connectivity index (χ1v) is 13.0. The monoisotopic (exact) mass is 482 g/mol. The quantitative estimate of drug-likeness (QED) is 0.218. The highest BCUT2D eigenvalue weighted by Gasteiger charge is 2.32. The Balaban J connectivity index is 1.87. The molecule has 34 heavy (non-hydrogen) atoms. The first-order valence-electron chi connectivity index (χ1n) is 11.8. The highest BCUT2D eigenvalue weighted by molar-refractivity contribution is 7.97. The van der Waals surface area contributed by atoms with Crippen LogP contribution in [0.5, 0.6) is 11.5 Å². The van der Waals surface area contributed by atoms with E-state index in [9.17, 15) is 0 Å². The molecule has 0 aliphatic rings. The van der Waals surface area contributed by atoms with Crippen LogP contribution in [-0.2, 0) is 20.4 Å². The van der Waals surface area contributed by atoms with E-state index >= 15 is 0 Å². The number of para-hydroxylation sites is 1. The van der Waals surface area contributed by atoms with E-state index in [1.165, 1.54) is 20.4 Å². The van der Waals surface area contributed by atoms with Gasteiger partial charge >= 0.3 is 0 Å². The Morgan fingerprint density at radius 1 is 0.618 bits per heavy atom. The summed E-state index contributed by atoms with van der Waals surface area (Å²) in [6, 6.07) is 25.4. The van der Waals surface area contributed by atoms with Crippen molar-refractivity contribution < 1.29 is 18.9 Å². The summed E-state index contributed by atoms with van der Waals surface area (Å²) in [5, 5.41) is 0. The van der Waals surface area contributed by atoms with Crippen molar-refractivity contribution in [3.05, 3.63) is 72.8 Å². The lowest BCUT2D eigenvalue weighted by molar-refractivity contribution is 0.110. The van der Waals surface area contributed by atoms with Gasteiger partial charge in [0.15, 0.2) is 14.7 Å². The van der Waals surface area contributed by atoms with E-state index in [1.807, 2.05) is 38.1 Å². The predicted octanol–water partition coefficient (Wildman–Crippen LogP) is 5.68. The van der Waals surface area contributed by atoms with Gasteiger partial charge in [0.25, 0.3) is 0 Å². The van der Waals surface area contributed by atoms with Gasteiger partial charge in [-0.25, -0.2) is 0 Å². The minimum absolute atomic E-state index is 0.283. The Bertz CT molecular complexity index is 921. The highest BCUT2D eigenvalue weighted by Crippen LogP contribution is 2.37. The van der Waals surface area contributed by atoms with E-state index in [-0.39, 0.29) is 10.9 Å². The van der Waals surface area contributed by atoms with E-state index in [1.54, 1.807) is 0 Å². The van der Waals surface area contributed by atoms with E-state index in [0.29, 0.717) is 39.6 Å². The maximum absolute atomic E-state index is 5.83. The Hall–Kier alpha value is -2.67. The van der Waals surface area contributed by atoms with E-state index in [0.717, 1.165) is 11.5 Å². The van der Waals surface area contributed by atoms with Crippen LogP contribution >= 0.6 is 0 Å². The van der Waals surface area contributed by atoms with Crippen LogP contribution in [0.1, 0.15) is 13.8 Å². The molecule has 3 rings (SSSR count). The summed E-state index contributed by atoms with van der Waals surface area (Å²) in [4.78, 5) is 5.92. The number of ether oxygens (including phenoxy) is 4. The summed E-state index contributed by atoms with van der Waals surface area (Å²) in [6.45, 7) is 7.66. The molecule has 3 aromatic carbocycles. The Labute approximate surface area is 207 Å². The second kappa shape index (κ2) is 13.9. The molecule has 182 valence electrons. The fraction of sp³-hybridized carbons (Fsp3) is 0.357. The normalized spacial score (nSPS) is 11.0. The fourth-order valence-electron chi connectivity index (χ4n) is 3.46. The molecule has 0 aliphatic carbocycles. The van der Waals surface area contributed by atoms with Crippen molar-refractivity contribution in [2.24, 2.45) is 0 Å². The van der Waals surface area contributed by atoms with Crippen molar-refractivity contribution in [3.63, 3.8) is 0 Å². The molecule has 0 aromatic heterocycles. The molecule has 0 aliphatic heterocycles. The molecule has 0 N–H and O–H groups in total. The van der Waals surface area contributed by atoms with Crippen LogP contribution in [0.2, 0.25) is 0 Å². The highest BCUT2D eigenvalue weighted by atomic mass is 32.2. The first kappa shape index (κ1) is 25.9.